The number of aliphatic hydroxyl groups is 1. The molecule has 0 amide bonds. The second kappa shape index (κ2) is 7.20. The lowest BCUT2D eigenvalue weighted by Gasteiger charge is -2.37. The van der Waals surface area contributed by atoms with Gasteiger partial charge in [-0.3, -0.25) is 0 Å². The second-order valence-electron chi connectivity index (χ2n) is 6.87. The van der Waals surface area contributed by atoms with Gasteiger partial charge in [0.15, 0.2) is 0 Å². The average molecular weight is 323 g/mol. The maximum absolute atomic E-state index is 9.59. The van der Waals surface area contributed by atoms with Crippen LogP contribution in [0.4, 0.5) is 5.69 Å². The first kappa shape index (κ1) is 16.1. The number of anilines is 1. The van der Waals surface area contributed by atoms with Crippen molar-refractivity contribution in [2.75, 3.05) is 18.0 Å². The van der Waals surface area contributed by atoms with Crippen molar-refractivity contribution in [2.45, 2.75) is 63.6 Å². The third-order valence-corrected chi connectivity index (χ3v) is 5.59. The van der Waals surface area contributed by atoms with Crippen LogP contribution in [0.25, 0.3) is 0 Å². The third kappa shape index (κ3) is 3.95. The maximum atomic E-state index is 9.59. The highest BCUT2D eigenvalue weighted by atomic mass is 35.5. The first-order valence-corrected chi connectivity index (χ1v) is 8.95. The number of aryl methyl sites for hydroxylation is 1. The Bertz CT molecular complexity index is 492. The Balaban J connectivity index is 1.48. The first-order chi connectivity index (χ1) is 10.6. The zero-order valence-corrected chi connectivity index (χ0v) is 14.1. The molecule has 1 aromatic carbocycles. The van der Waals surface area contributed by atoms with Gasteiger partial charge in [-0.1, -0.05) is 17.7 Å². The fraction of sp³-hybridized carbons (Fsp3) is 0.667. The molecule has 1 aliphatic carbocycles. The largest absolute Gasteiger partial charge is 0.393 e. The van der Waals surface area contributed by atoms with E-state index in [1.807, 2.05) is 6.92 Å². The van der Waals surface area contributed by atoms with Crippen molar-refractivity contribution in [2.24, 2.45) is 0 Å². The number of aliphatic hydroxyl groups excluding tert-OH is 1. The van der Waals surface area contributed by atoms with Crippen LogP contribution < -0.4 is 10.2 Å². The van der Waals surface area contributed by atoms with Crippen molar-refractivity contribution >= 4 is 17.3 Å². The fourth-order valence-corrected chi connectivity index (χ4v) is 3.83. The summed E-state index contributed by atoms with van der Waals surface area (Å²) < 4.78 is 0. The maximum Gasteiger partial charge on any atom is 0.0541 e. The fourth-order valence-electron chi connectivity index (χ4n) is 3.66. The first-order valence-electron chi connectivity index (χ1n) is 8.57. The van der Waals surface area contributed by atoms with E-state index in [-0.39, 0.29) is 6.10 Å². The van der Waals surface area contributed by atoms with Gasteiger partial charge in [-0.25, -0.2) is 0 Å². The van der Waals surface area contributed by atoms with E-state index in [0.717, 1.165) is 49.4 Å². The predicted molar refractivity (Wildman–Crippen MR) is 92.8 cm³/mol. The molecule has 0 unspecified atom stereocenters. The van der Waals surface area contributed by atoms with E-state index in [1.54, 1.807) is 0 Å². The molecule has 3 rings (SSSR count). The molecule has 3 nitrogen and oxygen atoms in total. The molecule has 0 atom stereocenters. The number of hydrogen-bond donors (Lipinski definition) is 2. The van der Waals surface area contributed by atoms with Crippen molar-refractivity contribution in [3.63, 3.8) is 0 Å². The molecule has 4 heteroatoms. The Morgan fingerprint density at radius 1 is 1.05 bits per heavy atom. The number of rotatable bonds is 3. The molecule has 122 valence electrons. The molecular weight excluding hydrogens is 296 g/mol. The zero-order valence-electron chi connectivity index (χ0n) is 13.4. The molecular formula is C18H27ClN2O. The van der Waals surface area contributed by atoms with Crippen molar-refractivity contribution in [1.82, 2.24) is 5.32 Å². The van der Waals surface area contributed by atoms with Crippen molar-refractivity contribution in [1.29, 1.82) is 0 Å². The van der Waals surface area contributed by atoms with Gasteiger partial charge in [0.25, 0.3) is 0 Å². The Morgan fingerprint density at radius 2 is 1.68 bits per heavy atom. The van der Waals surface area contributed by atoms with Crippen LogP contribution in [0.1, 0.15) is 44.1 Å². The van der Waals surface area contributed by atoms with Gasteiger partial charge in [0.1, 0.15) is 0 Å². The van der Waals surface area contributed by atoms with E-state index >= 15 is 0 Å². The minimum Gasteiger partial charge on any atom is -0.393 e. The molecule has 0 aromatic heterocycles. The summed E-state index contributed by atoms with van der Waals surface area (Å²) in [4.78, 5) is 2.44. The van der Waals surface area contributed by atoms with Gasteiger partial charge in [0.05, 0.1) is 6.10 Å². The number of nitrogens with one attached hydrogen (secondary N) is 1. The van der Waals surface area contributed by atoms with E-state index in [1.165, 1.54) is 18.5 Å². The monoisotopic (exact) mass is 322 g/mol. The molecule has 2 fully saturated rings. The van der Waals surface area contributed by atoms with Gasteiger partial charge < -0.3 is 15.3 Å². The standard InChI is InChI=1S/C18H27ClN2O/c1-13-2-5-16(12-18(13)19)21-10-8-15(9-11-21)20-14-3-6-17(22)7-4-14/h2,5,12,14-15,17,20,22H,3-4,6-11H2,1H3. The van der Waals surface area contributed by atoms with Gasteiger partial charge >= 0.3 is 0 Å². The van der Waals surface area contributed by atoms with Crippen molar-refractivity contribution in [3.8, 4) is 0 Å². The summed E-state index contributed by atoms with van der Waals surface area (Å²) in [6.07, 6.45) is 6.46. The molecule has 2 N–H and O–H groups in total. The Morgan fingerprint density at radius 3 is 2.32 bits per heavy atom. The summed E-state index contributed by atoms with van der Waals surface area (Å²) in [5.74, 6) is 0. The number of piperidine rings is 1. The topological polar surface area (TPSA) is 35.5 Å². The smallest absolute Gasteiger partial charge is 0.0541 e. The molecule has 1 saturated heterocycles. The highest BCUT2D eigenvalue weighted by Gasteiger charge is 2.25. The van der Waals surface area contributed by atoms with E-state index in [0.29, 0.717) is 12.1 Å². The minimum absolute atomic E-state index is 0.0637. The highest BCUT2D eigenvalue weighted by Crippen LogP contribution is 2.26. The normalized spacial score (nSPS) is 27.1. The highest BCUT2D eigenvalue weighted by molar-refractivity contribution is 6.31. The third-order valence-electron chi connectivity index (χ3n) is 5.18. The van der Waals surface area contributed by atoms with Crippen LogP contribution in [0.5, 0.6) is 0 Å². The predicted octanol–water partition coefficient (Wildman–Crippen LogP) is 3.51. The quantitative estimate of drug-likeness (QED) is 0.894. The van der Waals surface area contributed by atoms with Crippen LogP contribution in [-0.4, -0.2) is 36.4 Å². The van der Waals surface area contributed by atoms with Gasteiger partial charge in [-0.05, 0) is 63.1 Å². The number of hydrogen-bond acceptors (Lipinski definition) is 3. The zero-order chi connectivity index (χ0) is 15.5. The van der Waals surface area contributed by atoms with Crippen LogP contribution in [-0.2, 0) is 0 Å². The van der Waals surface area contributed by atoms with E-state index in [4.69, 9.17) is 11.6 Å². The molecule has 1 aliphatic heterocycles. The summed E-state index contributed by atoms with van der Waals surface area (Å²) in [7, 11) is 0. The van der Waals surface area contributed by atoms with Gasteiger partial charge in [-0.2, -0.15) is 0 Å². The minimum atomic E-state index is -0.0637. The Labute approximate surface area is 138 Å². The van der Waals surface area contributed by atoms with E-state index in [2.05, 4.69) is 28.4 Å². The molecule has 1 saturated carbocycles. The summed E-state index contributed by atoms with van der Waals surface area (Å²) in [5, 5.41) is 14.3. The SMILES string of the molecule is Cc1ccc(N2CCC(NC3CCC(O)CC3)CC2)cc1Cl. The van der Waals surface area contributed by atoms with Gasteiger partial charge in [0.2, 0.25) is 0 Å². The van der Waals surface area contributed by atoms with Crippen LogP contribution in [0.3, 0.4) is 0 Å². The summed E-state index contributed by atoms with van der Waals surface area (Å²) in [6, 6.07) is 7.60. The molecule has 0 bridgehead atoms. The van der Waals surface area contributed by atoms with Crippen LogP contribution in [0.2, 0.25) is 5.02 Å². The molecule has 1 aromatic rings. The molecule has 0 spiro atoms. The van der Waals surface area contributed by atoms with Gasteiger partial charge in [-0.15, -0.1) is 0 Å². The average Bonchev–Trinajstić information content (AvgIpc) is 2.53. The Hall–Kier alpha value is -0.770. The van der Waals surface area contributed by atoms with Crippen LogP contribution in [0, 0.1) is 6.92 Å². The molecule has 1 heterocycles. The van der Waals surface area contributed by atoms with Crippen molar-refractivity contribution in [3.05, 3.63) is 28.8 Å². The number of benzene rings is 1. The number of nitrogens with zero attached hydrogens (tertiary/aromatic N) is 1. The van der Waals surface area contributed by atoms with E-state index < -0.39 is 0 Å². The molecule has 22 heavy (non-hydrogen) atoms. The van der Waals surface area contributed by atoms with Crippen molar-refractivity contribution < 1.29 is 5.11 Å². The summed E-state index contributed by atoms with van der Waals surface area (Å²) in [5.41, 5.74) is 2.39. The van der Waals surface area contributed by atoms with Crippen LogP contribution >= 0.6 is 11.6 Å². The molecule has 2 aliphatic rings. The summed E-state index contributed by atoms with van der Waals surface area (Å²) in [6.45, 7) is 4.22. The summed E-state index contributed by atoms with van der Waals surface area (Å²) >= 11 is 6.24. The molecule has 0 radical (unpaired) electrons. The second-order valence-corrected chi connectivity index (χ2v) is 7.27. The van der Waals surface area contributed by atoms with Gasteiger partial charge in [0, 0.05) is 35.9 Å². The number of halogens is 1. The lowest BCUT2D eigenvalue weighted by molar-refractivity contribution is 0.113. The van der Waals surface area contributed by atoms with Crippen LogP contribution in [0.15, 0.2) is 18.2 Å². The lowest BCUT2D eigenvalue weighted by Crippen LogP contribution is -2.47. The Kier molecular flexibility index (Phi) is 5.27. The van der Waals surface area contributed by atoms with E-state index in [9.17, 15) is 5.11 Å². The lowest BCUT2D eigenvalue weighted by atomic mass is 9.91.